The third-order valence-corrected chi connectivity index (χ3v) is 5.44. The fraction of sp³-hybridized carbons (Fsp3) is 0.0476. The summed E-state index contributed by atoms with van der Waals surface area (Å²) in [6.07, 6.45) is 0. The maximum absolute atomic E-state index is 12.7. The maximum atomic E-state index is 12.7. The highest BCUT2D eigenvalue weighted by Gasteiger charge is 2.54. The highest BCUT2D eigenvalue weighted by Crippen LogP contribution is 2.58. The van der Waals surface area contributed by atoms with Gasteiger partial charge in [0, 0.05) is 22.8 Å². The molecule has 29 heavy (non-hydrogen) atoms. The molecular formula is C21H11ClO7. The lowest BCUT2D eigenvalue weighted by Crippen LogP contribution is -2.33. The second-order valence-corrected chi connectivity index (χ2v) is 7.07. The number of aromatic hydroxyl groups is 2. The lowest BCUT2D eigenvalue weighted by Gasteiger charge is -2.37. The Morgan fingerprint density at radius 1 is 0.966 bits per heavy atom. The average molecular weight is 411 g/mol. The van der Waals surface area contributed by atoms with E-state index in [4.69, 9.17) is 21.1 Å². The summed E-state index contributed by atoms with van der Waals surface area (Å²) in [5.74, 6) is -2.96. The van der Waals surface area contributed by atoms with Gasteiger partial charge in [0.25, 0.3) is 0 Å². The van der Waals surface area contributed by atoms with Crippen molar-refractivity contribution in [3.8, 4) is 23.0 Å². The van der Waals surface area contributed by atoms with E-state index in [2.05, 4.69) is 0 Å². The number of halogens is 1. The number of hydrogen-bond donors (Lipinski definition) is 3. The summed E-state index contributed by atoms with van der Waals surface area (Å²) in [5.41, 5.74) is -0.706. The second kappa shape index (κ2) is 5.65. The van der Waals surface area contributed by atoms with Crippen LogP contribution in [0.1, 0.15) is 37.4 Å². The number of carboxylic acid groups (broad SMARTS) is 1. The largest absolute Gasteiger partial charge is 0.507 e. The van der Waals surface area contributed by atoms with Crippen molar-refractivity contribution in [2.75, 3.05) is 0 Å². The van der Waals surface area contributed by atoms with Gasteiger partial charge in [0.05, 0.1) is 10.6 Å². The van der Waals surface area contributed by atoms with Crippen LogP contribution in [-0.4, -0.2) is 27.3 Å². The van der Waals surface area contributed by atoms with Crippen molar-refractivity contribution in [3.63, 3.8) is 0 Å². The number of ether oxygens (including phenoxy) is 2. The Bertz CT molecular complexity index is 1250. The van der Waals surface area contributed by atoms with Crippen LogP contribution < -0.4 is 4.74 Å². The van der Waals surface area contributed by atoms with Gasteiger partial charge in [-0.2, -0.15) is 0 Å². The average Bonchev–Trinajstić information content (AvgIpc) is 2.97. The predicted octanol–water partition coefficient (Wildman–Crippen LogP) is 4.02. The minimum absolute atomic E-state index is 0.00726. The second-order valence-electron chi connectivity index (χ2n) is 6.66. The first-order valence-electron chi connectivity index (χ1n) is 8.48. The number of esters is 1. The molecule has 2 aliphatic rings. The zero-order valence-corrected chi connectivity index (χ0v) is 15.2. The highest BCUT2D eigenvalue weighted by atomic mass is 35.5. The predicted molar refractivity (Wildman–Crippen MR) is 100.0 cm³/mol. The van der Waals surface area contributed by atoms with E-state index in [-0.39, 0.29) is 27.8 Å². The van der Waals surface area contributed by atoms with Gasteiger partial charge in [-0.05, 0) is 24.3 Å². The normalized spacial score (nSPS) is 18.4. The van der Waals surface area contributed by atoms with Gasteiger partial charge in [0.15, 0.2) is 11.4 Å². The topological polar surface area (TPSA) is 113 Å². The van der Waals surface area contributed by atoms with Gasteiger partial charge >= 0.3 is 11.9 Å². The van der Waals surface area contributed by atoms with Gasteiger partial charge in [0.1, 0.15) is 22.8 Å². The molecule has 0 saturated carbocycles. The van der Waals surface area contributed by atoms with Crippen LogP contribution in [0, 0.1) is 0 Å². The molecule has 7 nitrogen and oxygen atoms in total. The smallest absolute Gasteiger partial charge is 0.343 e. The number of carbonyl (C=O) groups is 2. The van der Waals surface area contributed by atoms with Gasteiger partial charge in [-0.3, -0.25) is 0 Å². The van der Waals surface area contributed by atoms with E-state index >= 15 is 0 Å². The molecule has 1 atom stereocenters. The van der Waals surface area contributed by atoms with E-state index in [1.807, 2.05) is 0 Å². The number of fused-ring (bicyclic) bond motifs is 6. The zero-order chi connectivity index (χ0) is 20.5. The Kier molecular flexibility index (Phi) is 3.39. The lowest BCUT2D eigenvalue weighted by molar-refractivity contribution is 0.0223. The van der Waals surface area contributed by atoms with Gasteiger partial charge < -0.3 is 24.8 Å². The van der Waals surface area contributed by atoms with Gasteiger partial charge in [0.2, 0.25) is 0 Å². The van der Waals surface area contributed by atoms with Crippen LogP contribution in [0.3, 0.4) is 0 Å². The maximum Gasteiger partial charge on any atom is 0.343 e. The standard InChI is InChI=1S/C21H11ClO7/c22-13-7-12-16(8-15(13)24)28-18-11(5-6-14(23)17(18)19(25)26)21(12)10-4-2-1-3-9(10)20(27)29-21/h1-8,23-24H,(H,25,26). The van der Waals surface area contributed by atoms with Gasteiger partial charge in [-0.1, -0.05) is 29.8 Å². The number of aromatic carboxylic acids is 1. The molecule has 1 spiro atoms. The first-order valence-corrected chi connectivity index (χ1v) is 8.86. The van der Waals surface area contributed by atoms with Crippen molar-refractivity contribution in [1.29, 1.82) is 0 Å². The van der Waals surface area contributed by atoms with Crippen LogP contribution in [-0.2, 0) is 10.3 Å². The van der Waals surface area contributed by atoms with E-state index in [9.17, 15) is 24.9 Å². The van der Waals surface area contributed by atoms with E-state index in [1.165, 1.54) is 24.3 Å². The van der Waals surface area contributed by atoms with E-state index < -0.39 is 28.9 Å². The van der Waals surface area contributed by atoms with E-state index in [0.717, 1.165) is 0 Å². The van der Waals surface area contributed by atoms with Crippen molar-refractivity contribution < 1.29 is 34.4 Å². The molecule has 2 heterocycles. The van der Waals surface area contributed by atoms with E-state index in [0.29, 0.717) is 16.7 Å². The zero-order valence-electron chi connectivity index (χ0n) is 14.5. The van der Waals surface area contributed by atoms with Crippen LogP contribution >= 0.6 is 11.6 Å². The summed E-state index contributed by atoms with van der Waals surface area (Å²) in [4.78, 5) is 24.5. The van der Waals surface area contributed by atoms with Crippen LogP contribution in [0.4, 0.5) is 0 Å². The Hall–Kier alpha value is -3.71. The molecule has 0 aliphatic carbocycles. The Balaban J connectivity index is 1.95. The van der Waals surface area contributed by atoms with Crippen molar-refractivity contribution in [2.24, 2.45) is 0 Å². The number of hydrogen-bond acceptors (Lipinski definition) is 6. The molecule has 0 fully saturated rings. The van der Waals surface area contributed by atoms with E-state index in [1.54, 1.807) is 24.3 Å². The van der Waals surface area contributed by atoms with Crippen molar-refractivity contribution >= 4 is 23.5 Å². The first-order chi connectivity index (χ1) is 13.8. The summed E-state index contributed by atoms with van der Waals surface area (Å²) in [5, 5.41) is 29.8. The van der Waals surface area contributed by atoms with Gasteiger partial charge in [-0.15, -0.1) is 0 Å². The Labute approximate surface area is 168 Å². The molecule has 1 unspecified atom stereocenters. The Morgan fingerprint density at radius 2 is 1.72 bits per heavy atom. The number of carboxylic acids is 1. The van der Waals surface area contributed by atoms with Crippen LogP contribution in [0.2, 0.25) is 5.02 Å². The summed E-state index contributed by atoms with van der Waals surface area (Å²) in [6.45, 7) is 0. The highest BCUT2D eigenvalue weighted by molar-refractivity contribution is 6.32. The molecule has 8 heteroatoms. The SMILES string of the molecule is O=C1OC2(c3cc(Cl)c(O)cc3Oc3c2ccc(O)c3C(=O)O)c2ccccc21. The molecule has 3 N–H and O–H groups in total. The fourth-order valence-electron chi connectivity index (χ4n) is 3.94. The molecular weight excluding hydrogens is 400 g/mol. The summed E-state index contributed by atoms with van der Waals surface area (Å²) in [7, 11) is 0. The van der Waals surface area contributed by atoms with Crippen molar-refractivity contribution in [3.05, 3.63) is 81.4 Å². The third kappa shape index (κ3) is 2.13. The summed E-state index contributed by atoms with van der Waals surface area (Å²) in [6, 6.07) is 12.0. The Morgan fingerprint density at radius 3 is 2.48 bits per heavy atom. The quantitative estimate of drug-likeness (QED) is 0.519. The fourth-order valence-corrected chi connectivity index (χ4v) is 4.10. The number of benzene rings is 3. The monoisotopic (exact) mass is 410 g/mol. The molecule has 0 bridgehead atoms. The number of carbonyl (C=O) groups excluding carboxylic acids is 1. The van der Waals surface area contributed by atoms with Crippen LogP contribution in [0.5, 0.6) is 23.0 Å². The lowest BCUT2D eigenvalue weighted by atomic mass is 9.77. The molecule has 144 valence electrons. The molecule has 3 aromatic rings. The van der Waals surface area contributed by atoms with Crippen LogP contribution in [0.15, 0.2) is 48.5 Å². The third-order valence-electron chi connectivity index (χ3n) is 5.14. The minimum atomic E-state index is -1.55. The molecule has 2 aliphatic heterocycles. The number of phenolic OH excluding ortho intramolecular Hbond substituents is 1. The minimum Gasteiger partial charge on any atom is -0.507 e. The van der Waals surface area contributed by atoms with Crippen LogP contribution in [0.25, 0.3) is 0 Å². The number of rotatable bonds is 1. The molecule has 3 aromatic carbocycles. The van der Waals surface area contributed by atoms with Crippen molar-refractivity contribution in [1.82, 2.24) is 0 Å². The molecule has 5 rings (SSSR count). The summed E-state index contributed by atoms with van der Waals surface area (Å²) >= 11 is 6.12. The van der Waals surface area contributed by atoms with Gasteiger partial charge in [-0.25, -0.2) is 9.59 Å². The van der Waals surface area contributed by atoms with Crippen molar-refractivity contribution in [2.45, 2.75) is 5.60 Å². The first kappa shape index (κ1) is 17.4. The molecule has 0 saturated heterocycles. The molecule has 0 aromatic heterocycles. The number of phenols is 2. The summed E-state index contributed by atoms with van der Waals surface area (Å²) < 4.78 is 11.6. The molecule has 0 amide bonds. The molecule has 0 radical (unpaired) electrons.